The molecule has 1 saturated carbocycles. The SMILES string of the molecule is CC(C)n1nccc1C(=O)NCC1CCC(c2cc(C(=O)N(C)C)c3ccccc3n2)CC1. The number of nitrogens with one attached hydrogen (secondary N) is 1. The summed E-state index contributed by atoms with van der Waals surface area (Å²) in [7, 11) is 3.57. The van der Waals surface area contributed by atoms with Crippen LogP contribution in [0.3, 0.4) is 0 Å². The Bertz CT molecular complexity index is 1140. The maximum atomic E-state index is 12.8. The summed E-state index contributed by atoms with van der Waals surface area (Å²) in [6, 6.07) is 11.8. The van der Waals surface area contributed by atoms with E-state index in [4.69, 9.17) is 4.98 Å². The third kappa shape index (κ3) is 4.92. The Morgan fingerprint density at radius 3 is 2.55 bits per heavy atom. The van der Waals surface area contributed by atoms with Crippen molar-refractivity contribution in [3.05, 3.63) is 59.5 Å². The van der Waals surface area contributed by atoms with E-state index in [2.05, 4.69) is 10.4 Å². The van der Waals surface area contributed by atoms with Crippen molar-refractivity contribution in [1.82, 2.24) is 25.0 Å². The Morgan fingerprint density at radius 1 is 1.12 bits per heavy atom. The summed E-state index contributed by atoms with van der Waals surface area (Å²) in [5.41, 5.74) is 3.20. The van der Waals surface area contributed by atoms with Crippen molar-refractivity contribution < 1.29 is 9.59 Å². The number of carbonyl (C=O) groups is 2. The maximum Gasteiger partial charge on any atom is 0.269 e. The Balaban J connectivity index is 1.41. The summed E-state index contributed by atoms with van der Waals surface area (Å²) in [6.45, 7) is 4.71. The normalized spacial score (nSPS) is 18.5. The average molecular weight is 448 g/mol. The number of carbonyl (C=O) groups excluding carboxylic acids is 2. The molecule has 1 aromatic carbocycles. The van der Waals surface area contributed by atoms with Crippen molar-refractivity contribution in [2.45, 2.75) is 51.5 Å². The number of para-hydroxylation sites is 1. The van der Waals surface area contributed by atoms with Crippen LogP contribution in [0.4, 0.5) is 0 Å². The predicted octanol–water partition coefficient (Wildman–Crippen LogP) is 4.42. The molecular weight excluding hydrogens is 414 g/mol. The molecular formula is C26H33N5O2. The Hall–Kier alpha value is -3.22. The molecule has 0 spiro atoms. The lowest BCUT2D eigenvalue weighted by Gasteiger charge is -2.29. The number of benzene rings is 1. The Morgan fingerprint density at radius 2 is 1.85 bits per heavy atom. The number of nitrogens with zero attached hydrogens (tertiary/aromatic N) is 4. The van der Waals surface area contributed by atoms with Crippen molar-refractivity contribution in [1.29, 1.82) is 0 Å². The number of rotatable bonds is 6. The van der Waals surface area contributed by atoms with Gasteiger partial charge in [0.15, 0.2) is 0 Å². The summed E-state index contributed by atoms with van der Waals surface area (Å²) < 4.78 is 1.75. The van der Waals surface area contributed by atoms with Crippen molar-refractivity contribution in [2.75, 3.05) is 20.6 Å². The minimum atomic E-state index is -0.0636. The second-order valence-corrected chi connectivity index (χ2v) is 9.49. The van der Waals surface area contributed by atoms with E-state index >= 15 is 0 Å². The maximum absolute atomic E-state index is 12.8. The van der Waals surface area contributed by atoms with E-state index in [0.717, 1.165) is 47.8 Å². The van der Waals surface area contributed by atoms with Gasteiger partial charge in [-0.2, -0.15) is 5.10 Å². The molecule has 0 atom stereocenters. The van der Waals surface area contributed by atoms with E-state index < -0.39 is 0 Å². The van der Waals surface area contributed by atoms with Gasteiger partial charge < -0.3 is 10.2 Å². The minimum Gasteiger partial charge on any atom is -0.350 e. The molecule has 0 radical (unpaired) electrons. The molecule has 1 aliphatic carbocycles. The van der Waals surface area contributed by atoms with Crippen molar-refractivity contribution in [3.63, 3.8) is 0 Å². The first-order chi connectivity index (χ1) is 15.8. The molecule has 2 amide bonds. The number of pyridine rings is 1. The predicted molar refractivity (Wildman–Crippen MR) is 129 cm³/mol. The number of hydrogen-bond donors (Lipinski definition) is 1. The second-order valence-electron chi connectivity index (χ2n) is 9.49. The zero-order chi connectivity index (χ0) is 23.5. The van der Waals surface area contributed by atoms with Crippen LogP contribution < -0.4 is 5.32 Å². The van der Waals surface area contributed by atoms with Gasteiger partial charge in [-0.3, -0.25) is 19.3 Å². The molecule has 2 heterocycles. The van der Waals surface area contributed by atoms with Crippen LogP contribution in [0.25, 0.3) is 10.9 Å². The van der Waals surface area contributed by atoms with Crippen LogP contribution in [0.5, 0.6) is 0 Å². The van der Waals surface area contributed by atoms with Crippen molar-refractivity contribution >= 4 is 22.7 Å². The lowest BCUT2D eigenvalue weighted by molar-refractivity contribution is 0.0829. The molecule has 0 bridgehead atoms. The lowest BCUT2D eigenvalue weighted by atomic mass is 9.80. The van der Waals surface area contributed by atoms with E-state index in [0.29, 0.717) is 24.1 Å². The van der Waals surface area contributed by atoms with Crippen molar-refractivity contribution in [2.24, 2.45) is 5.92 Å². The summed E-state index contributed by atoms with van der Waals surface area (Å²) in [5.74, 6) is 0.722. The van der Waals surface area contributed by atoms with E-state index in [1.165, 1.54) is 0 Å². The monoisotopic (exact) mass is 447 g/mol. The Kier molecular flexibility index (Phi) is 6.77. The van der Waals surface area contributed by atoms with E-state index in [1.807, 2.05) is 44.2 Å². The van der Waals surface area contributed by atoms with Crippen molar-refractivity contribution in [3.8, 4) is 0 Å². The molecule has 0 unspecified atom stereocenters. The zero-order valence-electron chi connectivity index (χ0n) is 19.9. The molecule has 33 heavy (non-hydrogen) atoms. The summed E-state index contributed by atoms with van der Waals surface area (Å²) in [5, 5.41) is 8.25. The standard InChI is InChI=1S/C26H33N5O2/c1-17(2)31-24(13-14-28-31)25(32)27-16-18-9-11-19(12-10-18)23-15-21(26(33)30(3)4)20-7-5-6-8-22(20)29-23/h5-8,13-15,17-19H,9-12,16H2,1-4H3,(H,27,32). The number of amides is 2. The van der Waals surface area contributed by atoms with Crippen LogP contribution in [-0.2, 0) is 0 Å². The second kappa shape index (κ2) is 9.73. The molecule has 7 nitrogen and oxygen atoms in total. The topological polar surface area (TPSA) is 80.1 Å². The first kappa shape index (κ1) is 23.0. The Labute approximate surface area is 195 Å². The van der Waals surface area contributed by atoms with Crippen LogP contribution in [0.1, 0.15) is 78.0 Å². The highest BCUT2D eigenvalue weighted by Crippen LogP contribution is 2.36. The van der Waals surface area contributed by atoms with E-state index in [-0.39, 0.29) is 17.9 Å². The fourth-order valence-corrected chi connectivity index (χ4v) is 4.72. The molecule has 1 fully saturated rings. The summed E-state index contributed by atoms with van der Waals surface area (Å²) >= 11 is 0. The molecule has 7 heteroatoms. The number of hydrogen-bond acceptors (Lipinski definition) is 4. The van der Waals surface area contributed by atoms with Gasteiger partial charge in [-0.15, -0.1) is 0 Å². The first-order valence-corrected chi connectivity index (χ1v) is 11.8. The van der Waals surface area contributed by atoms with Gasteiger partial charge in [-0.1, -0.05) is 18.2 Å². The molecule has 3 aromatic rings. The summed E-state index contributed by atoms with van der Waals surface area (Å²) in [4.78, 5) is 32.0. The van der Waals surface area contributed by atoms with Crippen LogP contribution >= 0.6 is 0 Å². The quantitative estimate of drug-likeness (QED) is 0.607. The van der Waals surface area contributed by atoms with Crippen LogP contribution in [-0.4, -0.2) is 52.1 Å². The molecule has 0 saturated heterocycles. The molecule has 2 aromatic heterocycles. The lowest BCUT2D eigenvalue weighted by Crippen LogP contribution is -2.32. The molecule has 1 N–H and O–H groups in total. The van der Waals surface area contributed by atoms with Gasteiger partial charge in [-0.25, -0.2) is 0 Å². The highest BCUT2D eigenvalue weighted by Gasteiger charge is 2.26. The fourth-order valence-electron chi connectivity index (χ4n) is 4.72. The van der Waals surface area contributed by atoms with Crippen LogP contribution in [0.15, 0.2) is 42.6 Å². The third-order valence-electron chi connectivity index (χ3n) is 6.58. The van der Waals surface area contributed by atoms with Crippen LogP contribution in [0, 0.1) is 5.92 Å². The fraction of sp³-hybridized carbons (Fsp3) is 0.462. The van der Waals surface area contributed by atoms with Gasteiger partial charge in [-0.05, 0) is 63.6 Å². The zero-order valence-corrected chi connectivity index (χ0v) is 19.9. The number of fused-ring (bicyclic) bond motifs is 1. The van der Waals surface area contributed by atoms with Gasteiger partial charge >= 0.3 is 0 Å². The minimum absolute atomic E-state index is 0.00638. The van der Waals surface area contributed by atoms with Gasteiger partial charge in [0.25, 0.3) is 11.8 Å². The van der Waals surface area contributed by atoms with Crippen LogP contribution in [0.2, 0.25) is 0 Å². The number of aromatic nitrogens is 3. The van der Waals surface area contributed by atoms with Gasteiger partial charge in [0.2, 0.25) is 0 Å². The largest absolute Gasteiger partial charge is 0.350 e. The molecule has 1 aliphatic rings. The third-order valence-corrected chi connectivity index (χ3v) is 6.58. The molecule has 4 rings (SSSR count). The van der Waals surface area contributed by atoms with E-state index in [9.17, 15) is 9.59 Å². The van der Waals surface area contributed by atoms with E-state index in [1.54, 1.807) is 35.9 Å². The smallest absolute Gasteiger partial charge is 0.269 e. The van der Waals surface area contributed by atoms with Gasteiger partial charge in [0.05, 0.1) is 11.1 Å². The first-order valence-electron chi connectivity index (χ1n) is 11.8. The molecule has 0 aliphatic heterocycles. The summed E-state index contributed by atoms with van der Waals surface area (Å²) in [6.07, 6.45) is 5.74. The molecule has 174 valence electrons. The average Bonchev–Trinajstić information content (AvgIpc) is 3.32. The van der Waals surface area contributed by atoms with Gasteiger partial charge in [0, 0.05) is 49.9 Å². The van der Waals surface area contributed by atoms with Gasteiger partial charge in [0.1, 0.15) is 5.69 Å². The highest BCUT2D eigenvalue weighted by atomic mass is 16.2. The highest BCUT2D eigenvalue weighted by molar-refractivity contribution is 6.06.